The lowest BCUT2D eigenvalue weighted by molar-refractivity contribution is -0.149. The van der Waals surface area contributed by atoms with E-state index in [9.17, 15) is 14.4 Å². The molecule has 0 aromatic rings. The van der Waals surface area contributed by atoms with Crippen molar-refractivity contribution in [3.63, 3.8) is 0 Å². The monoisotopic (exact) mass is 495 g/mol. The highest BCUT2D eigenvalue weighted by atomic mass is 28.4. The Kier molecular flexibility index (Phi) is 10.3. The highest BCUT2D eigenvalue weighted by Gasteiger charge is 2.54. The van der Waals surface area contributed by atoms with Crippen molar-refractivity contribution in [3.8, 4) is 0 Å². The van der Waals surface area contributed by atoms with E-state index in [0.29, 0.717) is 12.8 Å². The summed E-state index contributed by atoms with van der Waals surface area (Å²) in [6.45, 7) is 23.7. The topological polar surface area (TPSA) is 90.9 Å². The van der Waals surface area contributed by atoms with Crippen molar-refractivity contribution < 1.29 is 28.3 Å². The standard InChI is InChI=1S/C26H45NO6Si/c1-12-14-17-20(33-34(10,11)26(6,7)8)16-18(23(29)31-9)21(17)22(28)19(15-13-2)27-24(30)32-25(3,4)5/h12-13,17-21H,1-2,14-16H2,3-11H3,(H,27,30)/t17-,18+,19-,20+,21?/m0/s1. The zero-order valence-corrected chi connectivity index (χ0v) is 23.5. The zero-order valence-electron chi connectivity index (χ0n) is 22.5. The molecule has 0 spiro atoms. The minimum absolute atomic E-state index is 0.0295. The Bertz CT molecular complexity index is 764. The van der Waals surface area contributed by atoms with Crippen LogP contribution in [-0.4, -0.2) is 51.0 Å². The first-order valence-corrected chi connectivity index (χ1v) is 14.9. The first-order chi connectivity index (χ1) is 15.5. The van der Waals surface area contributed by atoms with Gasteiger partial charge in [0.2, 0.25) is 0 Å². The smallest absolute Gasteiger partial charge is 0.408 e. The molecule has 1 unspecified atom stereocenters. The Morgan fingerprint density at radius 3 is 2.12 bits per heavy atom. The van der Waals surface area contributed by atoms with E-state index in [1.54, 1.807) is 32.9 Å². The molecule has 0 bridgehead atoms. The number of esters is 1. The van der Waals surface area contributed by atoms with Crippen molar-refractivity contribution in [3.05, 3.63) is 25.3 Å². The molecule has 1 aliphatic rings. The third kappa shape index (κ3) is 7.80. The average Bonchev–Trinajstić information content (AvgIpc) is 3.02. The largest absolute Gasteiger partial charge is 0.469 e. The molecular formula is C26H45NO6Si. The van der Waals surface area contributed by atoms with Crippen LogP contribution in [0.5, 0.6) is 0 Å². The number of rotatable bonds is 10. The SMILES string of the molecule is C=CC[C@H](NC(=O)OC(C)(C)C)C(=O)C1[C@@H](CC=C)[C@H](O[Si](C)(C)C(C)(C)C)C[C@H]1C(=O)OC. The van der Waals surface area contributed by atoms with Gasteiger partial charge < -0.3 is 19.2 Å². The van der Waals surface area contributed by atoms with Gasteiger partial charge in [-0.25, -0.2) is 4.79 Å². The van der Waals surface area contributed by atoms with Crippen LogP contribution in [0.15, 0.2) is 25.3 Å². The number of hydrogen-bond donors (Lipinski definition) is 1. The minimum atomic E-state index is -2.18. The van der Waals surface area contributed by atoms with E-state index in [-0.39, 0.29) is 29.3 Å². The first-order valence-electron chi connectivity index (χ1n) is 12.0. The lowest BCUT2D eigenvalue weighted by Gasteiger charge is -2.40. The van der Waals surface area contributed by atoms with Gasteiger partial charge >= 0.3 is 12.1 Å². The molecule has 0 aliphatic heterocycles. The summed E-state index contributed by atoms with van der Waals surface area (Å²) in [5.74, 6) is -2.28. The molecule has 0 saturated heterocycles. The molecule has 5 atom stereocenters. The second-order valence-electron chi connectivity index (χ2n) is 11.6. The number of methoxy groups -OCH3 is 1. The summed E-state index contributed by atoms with van der Waals surface area (Å²) in [4.78, 5) is 39.1. The molecule has 0 radical (unpaired) electrons. The van der Waals surface area contributed by atoms with Crippen LogP contribution in [-0.2, 0) is 23.5 Å². The van der Waals surface area contributed by atoms with Crippen LogP contribution >= 0.6 is 0 Å². The van der Waals surface area contributed by atoms with Crippen molar-refractivity contribution in [2.24, 2.45) is 17.8 Å². The second-order valence-corrected chi connectivity index (χ2v) is 16.4. The molecule has 7 nitrogen and oxygen atoms in total. The lowest BCUT2D eigenvalue weighted by Crippen LogP contribution is -2.49. The summed E-state index contributed by atoms with van der Waals surface area (Å²) in [5, 5.41) is 2.66. The van der Waals surface area contributed by atoms with Crippen LogP contribution in [0.3, 0.4) is 0 Å². The normalized spacial score (nSPS) is 24.1. The number of hydrogen-bond acceptors (Lipinski definition) is 6. The first kappa shape index (κ1) is 30.1. The Labute approximate surface area is 206 Å². The number of Topliss-reactive ketones (excluding diaryl/α,β-unsaturated/α-hetero) is 1. The van der Waals surface area contributed by atoms with Crippen LogP contribution in [0, 0.1) is 17.8 Å². The highest BCUT2D eigenvalue weighted by Crippen LogP contribution is 2.47. The van der Waals surface area contributed by atoms with Crippen molar-refractivity contribution in [2.45, 2.75) is 96.7 Å². The Morgan fingerprint density at radius 2 is 1.68 bits per heavy atom. The van der Waals surface area contributed by atoms with E-state index in [2.05, 4.69) is 52.3 Å². The van der Waals surface area contributed by atoms with Gasteiger partial charge in [0.15, 0.2) is 14.1 Å². The quantitative estimate of drug-likeness (QED) is 0.247. The predicted octanol–water partition coefficient (Wildman–Crippen LogP) is 5.42. The Morgan fingerprint density at radius 1 is 1.09 bits per heavy atom. The maximum atomic E-state index is 13.9. The molecule has 1 rings (SSSR count). The van der Waals surface area contributed by atoms with Crippen LogP contribution in [0.2, 0.25) is 18.1 Å². The van der Waals surface area contributed by atoms with Gasteiger partial charge in [0, 0.05) is 12.0 Å². The number of amides is 1. The molecule has 1 N–H and O–H groups in total. The summed E-state index contributed by atoms with van der Waals surface area (Å²) in [6, 6.07) is -0.872. The molecule has 1 fully saturated rings. The van der Waals surface area contributed by atoms with Gasteiger partial charge in [0.05, 0.1) is 19.1 Å². The molecule has 0 heterocycles. The van der Waals surface area contributed by atoms with E-state index < -0.39 is 43.9 Å². The van der Waals surface area contributed by atoms with Gasteiger partial charge in [-0.2, -0.15) is 0 Å². The summed E-state index contributed by atoms with van der Waals surface area (Å²) in [5.41, 5.74) is -0.707. The van der Waals surface area contributed by atoms with Gasteiger partial charge in [-0.15, -0.1) is 13.2 Å². The van der Waals surface area contributed by atoms with Gasteiger partial charge in [-0.3, -0.25) is 9.59 Å². The lowest BCUT2D eigenvalue weighted by atomic mass is 9.80. The van der Waals surface area contributed by atoms with Crippen molar-refractivity contribution >= 4 is 26.2 Å². The van der Waals surface area contributed by atoms with Gasteiger partial charge in [0.25, 0.3) is 0 Å². The van der Waals surface area contributed by atoms with E-state index in [4.69, 9.17) is 13.9 Å². The number of carbonyl (C=O) groups excluding carboxylic acids is 3. The number of alkyl carbamates (subject to hydrolysis) is 1. The average molecular weight is 496 g/mol. The zero-order chi connectivity index (χ0) is 26.5. The van der Waals surface area contributed by atoms with Gasteiger partial charge in [-0.05, 0) is 64.1 Å². The summed E-state index contributed by atoms with van der Waals surface area (Å²) in [6.07, 6.45) is 3.48. The number of ketones is 1. The maximum Gasteiger partial charge on any atom is 0.408 e. The predicted molar refractivity (Wildman–Crippen MR) is 137 cm³/mol. The molecule has 1 aliphatic carbocycles. The summed E-state index contributed by atoms with van der Waals surface area (Å²) in [7, 11) is -0.851. The van der Waals surface area contributed by atoms with Crippen LogP contribution in [0.4, 0.5) is 4.79 Å². The number of allylic oxidation sites excluding steroid dienone is 1. The Hall–Kier alpha value is -1.93. The third-order valence-corrected chi connectivity index (χ3v) is 11.3. The van der Waals surface area contributed by atoms with Crippen LogP contribution in [0.25, 0.3) is 0 Å². The molecule has 194 valence electrons. The van der Waals surface area contributed by atoms with Crippen LogP contribution in [0.1, 0.15) is 60.8 Å². The molecule has 0 aromatic carbocycles. The molecule has 0 aromatic heterocycles. The third-order valence-electron chi connectivity index (χ3n) is 6.82. The number of nitrogens with one attached hydrogen (secondary N) is 1. The highest BCUT2D eigenvalue weighted by molar-refractivity contribution is 6.74. The molecule has 1 saturated carbocycles. The van der Waals surface area contributed by atoms with Crippen LogP contribution < -0.4 is 5.32 Å². The van der Waals surface area contributed by atoms with Crippen molar-refractivity contribution in [1.29, 1.82) is 0 Å². The summed E-state index contributed by atoms with van der Waals surface area (Å²) >= 11 is 0. The fourth-order valence-corrected chi connectivity index (χ4v) is 5.56. The van der Waals surface area contributed by atoms with Gasteiger partial charge in [0.1, 0.15) is 5.60 Å². The molecule has 34 heavy (non-hydrogen) atoms. The Balaban J connectivity index is 3.36. The maximum absolute atomic E-state index is 13.9. The van der Waals surface area contributed by atoms with Gasteiger partial charge in [-0.1, -0.05) is 32.9 Å². The van der Waals surface area contributed by atoms with E-state index in [1.807, 2.05) is 0 Å². The molecule has 8 heteroatoms. The van der Waals surface area contributed by atoms with Crippen molar-refractivity contribution in [2.75, 3.05) is 7.11 Å². The van der Waals surface area contributed by atoms with E-state index >= 15 is 0 Å². The second kappa shape index (κ2) is 11.7. The number of carbonyl (C=O) groups is 3. The van der Waals surface area contributed by atoms with E-state index in [0.717, 1.165) is 0 Å². The summed E-state index contributed by atoms with van der Waals surface area (Å²) < 4.78 is 17.2. The molecular weight excluding hydrogens is 450 g/mol. The fraction of sp³-hybridized carbons (Fsp3) is 0.731. The molecule has 1 amide bonds. The minimum Gasteiger partial charge on any atom is -0.469 e. The number of ether oxygens (including phenoxy) is 2. The van der Waals surface area contributed by atoms with E-state index in [1.165, 1.54) is 7.11 Å². The van der Waals surface area contributed by atoms with Crippen molar-refractivity contribution in [1.82, 2.24) is 5.32 Å². The fourth-order valence-electron chi connectivity index (χ4n) is 4.18.